The molecule has 0 amide bonds. The Hall–Kier alpha value is -0.250. The fourth-order valence-corrected chi connectivity index (χ4v) is 2.14. The van der Waals surface area contributed by atoms with E-state index in [9.17, 15) is 4.21 Å². The van der Waals surface area contributed by atoms with Gasteiger partial charge < -0.3 is 0 Å². The molecule has 13 heavy (non-hydrogen) atoms. The molecule has 0 aliphatic rings. The maximum Gasteiger partial charge on any atom is 0.0723 e. The third-order valence-corrected chi connectivity index (χ3v) is 4.25. The molecule has 0 saturated carbocycles. The van der Waals surface area contributed by atoms with Crippen molar-refractivity contribution >= 4 is 32.9 Å². The lowest BCUT2D eigenvalue weighted by atomic mass is 10.4. The van der Waals surface area contributed by atoms with Crippen LogP contribution < -0.4 is 0 Å². The molecule has 1 N–H and O–H groups in total. The van der Waals surface area contributed by atoms with Gasteiger partial charge in [-0.3, -0.25) is 0 Å². The van der Waals surface area contributed by atoms with E-state index in [0.717, 1.165) is 0 Å². The van der Waals surface area contributed by atoms with E-state index in [1.807, 2.05) is 0 Å². The first kappa shape index (κ1) is 10.8. The smallest absolute Gasteiger partial charge is 0.0723 e. The largest absolute Gasteiger partial charge is 0.249 e. The number of halogens is 2. The Kier molecular flexibility index (Phi) is 3.22. The molecule has 72 valence electrons. The van der Waals surface area contributed by atoms with Crippen molar-refractivity contribution in [1.29, 1.82) is 4.78 Å². The minimum Gasteiger partial charge on any atom is -0.249 e. The van der Waals surface area contributed by atoms with Crippen molar-refractivity contribution in [2.75, 3.05) is 5.75 Å². The Bertz CT molecular complexity index is 414. The van der Waals surface area contributed by atoms with Crippen LogP contribution in [0, 0.1) is 4.78 Å². The van der Waals surface area contributed by atoms with Crippen molar-refractivity contribution in [2.45, 2.75) is 11.8 Å². The summed E-state index contributed by atoms with van der Waals surface area (Å²) in [5.74, 6) is 0.283. The molecule has 2 nitrogen and oxygen atoms in total. The molecule has 0 bridgehead atoms. The van der Waals surface area contributed by atoms with E-state index in [1.165, 1.54) is 6.07 Å². The summed E-state index contributed by atoms with van der Waals surface area (Å²) < 4.78 is 19.1. The van der Waals surface area contributed by atoms with E-state index in [2.05, 4.69) is 0 Å². The summed E-state index contributed by atoms with van der Waals surface area (Å²) in [6.45, 7) is 1.71. The van der Waals surface area contributed by atoms with E-state index < -0.39 is 9.73 Å². The quantitative estimate of drug-likeness (QED) is 0.842. The average Bonchev–Trinajstić information content (AvgIpc) is 2.09. The van der Waals surface area contributed by atoms with E-state index in [1.54, 1.807) is 19.1 Å². The maximum absolute atomic E-state index is 11.6. The summed E-state index contributed by atoms with van der Waals surface area (Å²) in [5, 5.41) is 0.754. The second-order valence-corrected chi connectivity index (χ2v) is 5.75. The highest BCUT2D eigenvalue weighted by atomic mass is 35.5. The molecule has 1 aromatic carbocycles. The van der Waals surface area contributed by atoms with Crippen LogP contribution in [-0.4, -0.2) is 9.96 Å². The maximum atomic E-state index is 11.6. The van der Waals surface area contributed by atoms with Crippen LogP contribution in [0.15, 0.2) is 23.1 Å². The summed E-state index contributed by atoms with van der Waals surface area (Å²) in [5.41, 5.74) is 0. The van der Waals surface area contributed by atoms with Crippen molar-refractivity contribution in [3.8, 4) is 0 Å². The first-order chi connectivity index (χ1) is 5.97. The van der Waals surface area contributed by atoms with Gasteiger partial charge in [0, 0.05) is 10.6 Å². The standard InChI is InChI=1S/C8H9Cl2NOS/c1-2-13(11,12)6-3-4-7(9)8(10)5-6/h3-5,11H,2H2,1H3/t13-/m0/s1. The highest BCUT2D eigenvalue weighted by Crippen LogP contribution is 2.25. The van der Waals surface area contributed by atoms with E-state index >= 15 is 0 Å². The first-order valence-electron chi connectivity index (χ1n) is 3.69. The molecule has 0 aliphatic carbocycles. The van der Waals surface area contributed by atoms with E-state index in [0.29, 0.717) is 14.9 Å². The Balaban J connectivity index is 3.27. The van der Waals surface area contributed by atoms with Crippen molar-refractivity contribution < 1.29 is 4.21 Å². The molecule has 0 unspecified atom stereocenters. The normalized spacial score (nSPS) is 15.3. The predicted molar refractivity (Wildman–Crippen MR) is 56.1 cm³/mol. The third-order valence-electron chi connectivity index (χ3n) is 1.68. The van der Waals surface area contributed by atoms with Gasteiger partial charge in [0.25, 0.3) is 0 Å². The molecule has 0 aromatic heterocycles. The molecule has 1 rings (SSSR count). The highest BCUT2D eigenvalue weighted by Gasteiger charge is 2.08. The molecule has 1 aromatic rings. The van der Waals surface area contributed by atoms with Crippen LogP contribution in [0.5, 0.6) is 0 Å². The number of rotatable bonds is 2. The van der Waals surface area contributed by atoms with Gasteiger partial charge in [-0.25, -0.2) is 8.99 Å². The molecular formula is C8H9Cl2NOS. The van der Waals surface area contributed by atoms with Gasteiger partial charge in [0.15, 0.2) is 0 Å². The molecule has 0 spiro atoms. The summed E-state index contributed by atoms with van der Waals surface area (Å²) in [6.07, 6.45) is 0. The van der Waals surface area contributed by atoms with Crippen molar-refractivity contribution in [3.63, 3.8) is 0 Å². The van der Waals surface area contributed by atoms with Crippen LogP contribution in [0.25, 0.3) is 0 Å². The van der Waals surface area contributed by atoms with Gasteiger partial charge in [0.1, 0.15) is 0 Å². The Morgan fingerprint density at radius 2 is 2.00 bits per heavy atom. The van der Waals surface area contributed by atoms with Crippen molar-refractivity contribution in [2.24, 2.45) is 0 Å². The van der Waals surface area contributed by atoms with E-state index in [4.69, 9.17) is 28.0 Å². The monoisotopic (exact) mass is 237 g/mol. The fraction of sp³-hybridized carbons (Fsp3) is 0.250. The van der Waals surface area contributed by atoms with Gasteiger partial charge in [-0.2, -0.15) is 0 Å². The van der Waals surface area contributed by atoms with Gasteiger partial charge in [-0.15, -0.1) is 0 Å². The second-order valence-electron chi connectivity index (χ2n) is 2.54. The number of nitrogens with one attached hydrogen (secondary N) is 1. The molecule has 0 aliphatic heterocycles. The molecule has 0 radical (unpaired) electrons. The average molecular weight is 238 g/mol. The van der Waals surface area contributed by atoms with Gasteiger partial charge in [0.2, 0.25) is 0 Å². The van der Waals surface area contributed by atoms with Gasteiger partial charge in [-0.1, -0.05) is 30.1 Å². The predicted octanol–water partition coefficient (Wildman–Crippen LogP) is 3.42. The number of benzene rings is 1. The summed E-state index contributed by atoms with van der Waals surface area (Å²) in [6, 6.07) is 4.62. The fourth-order valence-electron chi connectivity index (χ4n) is 0.849. The van der Waals surface area contributed by atoms with Crippen LogP contribution in [-0.2, 0) is 9.73 Å². The minimum atomic E-state index is -2.68. The Morgan fingerprint density at radius 1 is 1.38 bits per heavy atom. The van der Waals surface area contributed by atoms with Crippen molar-refractivity contribution in [3.05, 3.63) is 28.2 Å². The molecule has 1 atom stereocenters. The van der Waals surface area contributed by atoms with Crippen LogP contribution in [0.2, 0.25) is 10.0 Å². The summed E-state index contributed by atoms with van der Waals surface area (Å²) in [7, 11) is -2.68. The SMILES string of the molecule is CC[S@](=N)(=O)c1ccc(Cl)c(Cl)c1. The molecule has 5 heteroatoms. The zero-order valence-corrected chi connectivity index (χ0v) is 9.34. The highest BCUT2D eigenvalue weighted by molar-refractivity contribution is 7.92. The number of hydrogen-bond acceptors (Lipinski definition) is 2. The van der Waals surface area contributed by atoms with Gasteiger partial charge >= 0.3 is 0 Å². The molecule has 0 fully saturated rings. The molecular weight excluding hydrogens is 229 g/mol. The van der Waals surface area contributed by atoms with Gasteiger partial charge in [-0.05, 0) is 18.2 Å². The second kappa shape index (κ2) is 3.86. The van der Waals surface area contributed by atoms with Crippen LogP contribution in [0.1, 0.15) is 6.92 Å². The zero-order chi connectivity index (χ0) is 10.1. The first-order valence-corrected chi connectivity index (χ1v) is 6.17. The van der Waals surface area contributed by atoms with E-state index in [-0.39, 0.29) is 5.75 Å². The number of hydrogen-bond donors (Lipinski definition) is 1. The van der Waals surface area contributed by atoms with Crippen LogP contribution in [0.3, 0.4) is 0 Å². The lowest BCUT2D eigenvalue weighted by Gasteiger charge is -2.05. The van der Waals surface area contributed by atoms with Crippen molar-refractivity contribution in [1.82, 2.24) is 0 Å². The zero-order valence-electron chi connectivity index (χ0n) is 7.01. The molecule has 0 saturated heterocycles. The van der Waals surface area contributed by atoms with Crippen LogP contribution in [0.4, 0.5) is 0 Å². The lowest BCUT2D eigenvalue weighted by Crippen LogP contribution is -2.01. The van der Waals surface area contributed by atoms with Crippen LogP contribution >= 0.6 is 23.2 Å². The lowest BCUT2D eigenvalue weighted by molar-refractivity contribution is 0.675. The summed E-state index contributed by atoms with van der Waals surface area (Å²) >= 11 is 11.4. The Morgan fingerprint density at radius 3 is 2.46 bits per heavy atom. The summed E-state index contributed by atoms with van der Waals surface area (Å²) in [4.78, 5) is 0.435. The molecule has 0 heterocycles. The Labute approximate surface area is 87.8 Å². The topological polar surface area (TPSA) is 40.9 Å². The minimum absolute atomic E-state index is 0.283. The van der Waals surface area contributed by atoms with Gasteiger partial charge in [0.05, 0.1) is 19.8 Å². The third kappa shape index (κ3) is 2.36.